The van der Waals surface area contributed by atoms with E-state index in [9.17, 15) is 8.42 Å². The molecule has 1 aromatic rings. The molecule has 0 aromatic carbocycles. The van der Waals surface area contributed by atoms with Gasteiger partial charge in [0.15, 0.2) is 5.84 Å². The highest BCUT2D eigenvalue weighted by atomic mass is 79.9. The Kier molecular flexibility index (Phi) is 5.60. The predicted molar refractivity (Wildman–Crippen MR) is 85.2 cm³/mol. The maximum atomic E-state index is 12.3. The molecule has 4 N–H and O–H groups in total. The zero-order valence-electron chi connectivity index (χ0n) is 11.2. The van der Waals surface area contributed by atoms with Crippen LogP contribution in [0.2, 0.25) is 0 Å². The molecule has 1 saturated heterocycles. The molecule has 0 radical (unpaired) electrons. The number of likely N-dealkylation sites (tertiary alicyclic amines) is 1. The monoisotopic (exact) mass is 396 g/mol. The SMILES string of the molecule is NC(CN1CCC(NS(=O)(=O)c2sccc2Br)CC1)=NO. The van der Waals surface area contributed by atoms with Gasteiger partial charge in [0.2, 0.25) is 0 Å². The number of nitrogens with two attached hydrogens (primary N) is 1. The van der Waals surface area contributed by atoms with Crippen molar-refractivity contribution in [1.29, 1.82) is 0 Å². The van der Waals surface area contributed by atoms with Gasteiger partial charge in [-0.15, -0.1) is 11.3 Å². The summed E-state index contributed by atoms with van der Waals surface area (Å²) in [7, 11) is -3.48. The van der Waals surface area contributed by atoms with Gasteiger partial charge in [-0.05, 0) is 40.2 Å². The third-order valence-electron chi connectivity index (χ3n) is 3.25. The van der Waals surface area contributed by atoms with Crippen molar-refractivity contribution in [2.75, 3.05) is 19.6 Å². The molecule has 1 fully saturated rings. The summed E-state index contributed by atoms with van der Waals surface area (Å²) in [6.07, 6.45) is 1.39. The molecule has 0 unspecified atom stereocenters. The Labute approximate surface area is 136 Å². The van der Waals surface area contributed by atoms with Crippen LogP contribution >= 0.6 is 27.3 Å². The fourth-order valence-electron chi connectivity index (χ4n) is 2.21. The first-order chi connectivity index (χ1) is 9.92. The van der Waals surface area contributed by atoms with E-state index in [-0.39, 0.29) is 11.9 Å². The van der Waals surface area contributed by atoms with E-state index in [4.69, 9.17) is 10.9 Å². The summed E-state index contributed by atoms with van der Waals surface area (Å²) in [5, 5.41) is 13.2. The molecule has 10 heteroatoms. The average Bonchev–Trinajstić information content (AvgIpc) is 2.87. The molecule has 0 aliphatic carbocycles. The number of sulfonamides is 1. The van der Waals surface area contributed by atoms with Gasteiger partial charge in [0, 0.05) is 23.6 Å². The lowest BCUT2D eigenvalue weighted by Gasteiger charge is -2.31. The molecule has 2 rings (SSSR count). The first-order valence-corrected chi connectivity index (χ1v) is 9.52. The molecule has 118 valence electrons. The van der Waals surface area contributed by atoms with Gasteiger partial charge in [-0.25, -0.2) is 13.1 Å². The number of thiophene rings is 1. The van der Waals surface area contributed by atoms with Crippen molar-refractivity contribution in [3.63, 3.8) is 0 Å². The summed E-state index contributed by atoms with van der Waals surface area (Å²) >= 11 is 4.43. The molecule has 0 amide bonds. The van der Waals surface area contributed by atoms with Gasteiger partial charge in [0.05, 0.1) is 6.54 Å². The summed E-state index contributed by atoms with van der Waals surface area (Å²) in [6.45, 7) is 1.80. The number of nitrogens with one attached hydrogen (secondary N) is 1. The van der Waals surface area contributed by atoms with E-state index in [2.05, 4.69) is 25.8 Å². The lowest BCUT2D eigenvalue weighted by molar-refractivity contribution is 0.228. The van der Waals surface area contributed by atoms with E-state index in [1.165, 1.54) is 11.3 Å². The number of halogens is 1. The molecule has 1 aliphatic heterocycles. The van der Waals surface area contributed by atoms with Crippen LogP contribution < -0.4 is 10.5 Å². The van der Waals surface area contributed by atoms with Crippen molar-refractivity contribution in [3.05, 3.63) is 15.9 Å². The van der Waals surface area contributed by atoms with Crippen molar-refractivity contribution >= 4 is 43.1 Å². The van der Waals surface area contributed by atoms with Crippen LogP contribution in [0.25, 0.3) is 0 Å². The Hall–Kier alpha value is -0.680. The van der Waals surface area contributed by atoms with Crippen LogP contribution in [-0.4, -0.2) is 50.0 Å². The number of piperidine rings is 1. The van der Waals surface area contributed by atoms with Gasteiger partial charge in [-0.2, -0.15) is 0 Å². The Morgan fingerprint density at radius 1 is 1.57 bits per heavy atom. The maximum absolute atomic E-state index is 12.3. The zero-order chi connectivity index (χ0) is 15.5. The molecule has 0 bridgehead atoms. The minimum atomic E-state index is -3.48. The van der Waals surface area contributed by atoms with Crippen LogP contribution in [0, 0.1) is 0 Å². The highest BCUT2D eigenvalue weighted by Crippen LogP contribution is 2.28. The van der Waals surface area contributed by atoms with Crippen molar-refractivity contribution in [3.8, 4) is 0 Å². The van der Waals surface area contributed by atoms with E-state index >= 15 is 0 Å². The van der Waals surface area contributed by atoms with Crippen LogP contribution in [0.4, 0.5) is 0 Å². The number of amidine groups is 1. The van der Waals surface area contributed by atoms with Crippen LogP contribution in [0.5, 0.6) is 0 Å². The molecule has 1 aromatic heterocycles. The highest BCUT2D eigenvalue weighted by Gasteiger charge is 2.26. The van der Waals surface area contributed by atoms with Crippen LogP contribution in [0.3, 0.4) is 0 Å². The summed E-state index contributed by atoms with van der Waals surface area (Å²) in [6, 6.07) is 1.63. The first kappa shape index (κ1) is 16.7. The van der Waals surface area contributed by atoms with E-state index < -0.39 is 10.0 Å². The number of hydrogen-bond acceptors (Lipinski definition) is 6. The number of rotatable bonds is 5. The first-order valence-electron chi connectivity index (χ1n) is 6.36. The Bertz CT molecular complexity index is 609. The number of hydrogen-bond donors (Lipinski definition) is 3. The van der Waals surface area contributed by atoms with Gasteiger partial charge < -0.3 is 10.9 Å². The number of oxime groups is 1. The Balaban J connectivity index is 1.90. The van der Waals surface area contributed by atoms with Gasteiger partial charge >= 0.3 is 0 Å². The second-order valence-electron chi connectivity index (χ2n) is 4.82. The normalized spacial score (nSPS) is 19.0. The van der Waals surface area contributed by atoms with E-state index in [1.807, 2.05) is 4.90 Å². The number of nitrogens with zero attached hydrogens (tertiary/aromatic N) is 2. The van der Waals surface area contributed by atoms with Crippen molar-refractivity contribution in [2.45, 2.75) is 23.1 Å². The fourth-order valence-corrected chi connectivity index (χ4v) is 5.87. The van der Waals surface area contributed by atoms with Gasteiger partial charge in [-0.1, -0.05) is 5.16 Å². The molecule has 2 heterocycles. The molecular weight excluding hydrogens is 380 g/mol. The molecular formula is C11H17BrN4O3S2. The topological polar surface area (TPSA) is 108 Å². The van der Waals surface area contributed by atoms with Gasteiger partial charge in [-0.3, -0.25) is 4.90 Å². The average molecular weight is 397 g/mol. The largest absolute Gasteiger partial charge is 0.409 e. The van der Waals surface area contributed by atoms with Crippen LogP contribution in [0.1, 0.15) is 12.8 Å². The highest BCUT2D eigenvalue weighted by molar-refractivity contribution is 9.10. The van der Waals surface area contributed by atoms with E-state index in [1.54, 1.807) is 11.4 Å². The van der Waals surface area contributed by atoms with E-state index in [0.29, 0.717) is 41.2 Å². The van der Waals surface area contributed by atoms with Gasteiger partial charge in [0.1, 0.15) is 4.21 Å². The molecule has 0 spiro atoms. The maximum Gasteiger partial charge on any atom is 0.251 e. The predicted octanol–water partition coefficient (Wildman–Crippen LogP) is 1.000. The fraction of sp³-hybridized carbons (Fsp3) is 0.545. The van der Waals surface area contributed by atoms with Crippen LogP contribution in [0.15, 0.2) is 25.3 Å². The summed E-state index contributed by atoms with van der Waals surface area (Å²) < 4.78 is 28.2. The second-order valence-corrected chi connectivity index (χ2v) is 8.50. The van der Waals surface area contributed by atoms with Crippen molar-refractivity contribution in [2.24, 2.45) is 10.9 Å². The van der Waals surface area contributed by atoms with Crippen molar-refractivity contribution < 1.29 is 13.6 Å². The minimum Gasteiger partial charge on any atom is -0.409 e. The molecule has 21 heavy (non-hydrogen) atoms. The van der Waals surface area contributed by atoms with Crippen LogP contribution in [-0.2, 0) is 10.0 Å². The molecule has 0 saturated carbocycles. The second kappa shape index (κ2) is 7.05. The summed E-state index contributed by atoms with van der Waals surface area (Å²) in [5.74, 6) is 0.163. The summed E-state index contributed by atoms with van der Waals surface area (Å²) in [4.78, 5) is 2.03. The smallest absolute Gasteiger partial charge is 0.251 e. The van der Waals surface area contributed by atoms with Gasteiger partial charge in [0.25, 0.3) is 10.0 Å². The Morgan fingerprint density at radius 3 is 2.76 bits per heavy atom. The third-order valence-corrected chi connectivity index (χ3v) is 7.44. The van der Waals surface area contributed by atoms with E-state index in [0.717, 1.165) is 0 Å². The summed E-state index contributed by atoms with van der Waals surface area (Å²) in [5.41, 5.74) is 5.46. The Morgan fingerprint density at radius 2 is 2.24 bits per heavy atom. The molecule has 1 aliphatic rings. The third kappa shape index (κ3) is 4.39. The molecule has 7 nitrogen and oxygen atoms in total. The lowest BCUT2D eigenvalue weighted by Crippen LogP contribution is -2.46. The minimum absolute atomic E-state index is 0.0902. The molecule has 0 atom stereocenters. The zero-order valence-corrected chi connectivity index (χ0v) is 14.4. The lowest BCUT2D eigenvalue weighted by atomic mass is 10.1. The standard InChI is InChI=1S/C11H17BrN4O3S2/c12-9-3-6-20-11(9)21(18,19)15-8-1-4-16(5-2-8)7-10(13)14-17/h3,6,8,15,17H,1-2,4-5,7H2,(H2,13,14). The van der Waals surface area contributed by atoms with Crippen molar-refractivity contribution in [1.82, 2.24) is 9.62 Å². The quantitative estimate of drug-likeness (QED) is 0.297.